The fourth-order valence-corrected chi connectivity index (χ4v) is 2.85. The molecule has 6 heteroatoms. The summed E-state index contributed by atoms with van der Waals surface area (Å²) in [6, 6.07) is 7.88. The molecule has 0 aliphatic carbocycles. The number of aliphatic hydroxyl groups excluding tert-OH is 1. The van der Waals surface area contributed by atoms with E-state index < -0.39 is 0 Å². The number of guanidine groups is 1. The van der Waals surface area contributed by atoms with E-state index in [-0.39, 0.29) is 6.61 Å². The SMILES string of the molecule is CCNC(=NCC(CCO)CC(C)C)Nc1cccc(OCCCOC)c1. The average Bonchev–Trinajstić information content (AvgIpc) is 2.63. The minimum atomic E-state index is 0.208. The molecule has 3 N–H and O–H groups in total. The standard InChI is InChI=1S/C21H37N3O3/c1-5-22-21(23-16-18(10-11-25)14-17(2)3)24-19-8-6-9-20(15-19)27-13-7-12-26-4/h6,8-9,15,17-18,25H,5,7,10-14,16H2,1-4H3,(H2,22,23,24). The largest absolute Gasteiger partial charge is 0.493 e. The number of nitrogens with zero attached hydrogens (tertiary/aromatic N) is 1. The highest BCUT2D eigenvalue weighted by molar-refractivity contribution is 5.93. The van der Waals surface area contributed by atoms with Crippen LogP contribution >= 0.6 is 0 Å². The van der Waals surface area contributed by atoms with Crippen molar-refractivity contribution in [2.24, 2.45) is 16.8 Å². The van der Waals surface area contributed by atoms with Gasteiger partial charge in [-0.1, -0.05) is 19.9 Å². The third-order valence-corrected chi connectivity index (χ3v) is 4.05. The number of aliphatic imine (C=N–C) groups is 1. The van der Waals surface area contributed by atoms with E-state index in [2.05, 4.69) is 24.5 Å². The number of ether oxygens (including phenoxy) is 2. The van der Waals surface area contributed by atoms with Crippen LogP contribution in [0.15, 0.2) is 29.3 Å². The third-order valence-electron chi connectivity index (χ3n) is 4.05. The van der Waals surface area contributed by atoms with Crippen molar-refractivity contribution in [3.63, 3.8) is 0 Å². The van der Waals surface area contributed by atoms with Crippen LogP contribution in [0.25, 0.3) is 0 Å². The van der Waals surface area contributed by atoms with Crippen LogP contribution in [0.5, 0.6) is 5.75 Å². The Bertz CT molecular complexity index is 535. The van der Waals surface area contributed by atoms with E-state index in [0.717, 1.165) is 43.2 Å². The summed E-state index contributed by atoms with van der Waals surface area (Å²) in [6.45, 7) is 9.47. The normalized spacial score (nSPS) is 12.9. The lowest BCUT2D eigenvalue weighted by Gasteiger charge is -2.18. The Morgan fingerprint density at radius 3 is 2.74 bits per heavy atom. The summed E-state index contributed by atoms with van der Waals surface area (Å²) >= 11 is 0. The van der Waals surface area contributed by atoms with Gasteiger partial charge in [-0.15, -0.1) is 0 Å². The monoisotopic (exact) mass is 379 g/mol. The summed E-state index contributed by atoms with van der Waals surface area (Å²) in [5.41, 5.74) is 0.932. The first-order chi connectivity index (χ1) is 13.1. The van der Waals surface area contributed by atoms with Crippen molar-refractivity contribution >= 4 is 11.6 Å². The van der Waals surface area contributed by atoms with Crippen molar-refractivity contribution in [1.29, 1.82) is 0 Å². The molecule has 1 aromatic carbocycles. The lowest BCUT2D eigenvalue weighted by atomic mass is 9.94. The fraction of sp³-hybridized carbons (Fsp3) is 0.667. The van der Waals surface area contributed by atoms with Gasteiger partial charge < -0.3 is 25.2 Å². The van der Waals surface area contributed by atoms with E-state index in [0.29, 0.717) is 31.6 Å². The first-order valence-corrected chi connectivity index (χ1v) is 9.97. The summed E-state index contributed by atoms with van der Waals surface area (Å²) in [7, 11) is 1.69. The Morgan fingerprint density at radius 1 is 1.26 bits per heavy atom. The second-order valence-electron chi connectivity index (χ2n) is 7.08. The summed E-state index contributed by atoms with van der Waals surface area (Å²) in [4.78, 5) is 4.72. The van der Waals surface area contributed by atoms with Crippen molar-refractivity contribution in [2.45, 2.75) is 40.0 Å². The average molecular weight is 380 g/mol. The summed E-state index contributed by atoms with van der Waals surface area (Å²) in [6.07, 6.45) is 2.71. The van der Waals surface area contributed by atoms with Crippen LogP contribution in [-0.2, 0) is 4.74 Å². The van der Waals surface area contributed by atoms with Crippen molar-refractivity contribution < 1.29 is 14.6 Å². The number of rotatable bonds is 13. The quantitative estimate of drug-likeness (QED) is 0.278. The Balaban J connectivity index is 2.69. The molecule has 154 valence electrons. The molecule has 0 aliphatic rings. The molecular weight excluding hydrogens is 342 g/mol. The maximum atomic E-state index is 9.29. The van der Waals surface area contributed by atoms with Crippen LogP contribution in [-0.4, -0.2) is 51.1 Å². The Labute approximate surface area is 164 Å². The van der Waals surface area contributed by atoms with Crippen LogP contribution in [0.2, 0.25) is 0 Å². The third kappa shape index (κ3) is 10.8. The molecule has 0 aromatic heterocycles. The number of hydrogen-bond donors (Lipinski definition) is 3. The topological polar surface area (TPSA) is 75.1 Å². The maximum absolute atomic E-state index is 9.29. The summed E-state index contributed by atoms with van der Waals surface area (Å²) < 4.78 is 10.8. The molecule has 0 bridgehead atoms. The zero-order chi connectivity index (χ0) is 19.9. The van der Waals surface area contributed by atoms with E-state index in [4.69, 9.17) is 14.5 Å². The van der Waals surface area contributed by atoms with Gasteiger partial charge in [0.15, 0.2) is 5.96 Å². The molecule has 27 heavy (non-hydrogen) atoms. The fourth-order valence-electron chi connectivity index (χ4n) is 2.85. The van der Waals surface area contributed by atoms with E-state index in [9.17, 15) is 5.11 Å². The minimum absolute atomic E-state index is 0.208. The molecule has 0 aliphatic heterocycles. The van der Waals surface area contributed by atoms with E-state index in [1.54, 1.807) is 7.11 Å². The van der Waals surface area contributed by atoms with Gasteiger partial charge in [-0.3, -0.25) is 4.99 Å². The number of nitrogens with one attached hydrogen (secondary N) is 2. The Morgan fingerprint density at radius 2 is 2.07 bits per heavy atom. The number of anilines is 1. The van der Waals surface area contributed by atoms with Gasteiger partial charge in [0, 0.05) is 51.6 Å². The van der Waals surface area contributed by atoms with Gasteiger partial charge in [0.05, 0.1) is 6.61 Å². The highest BCUT2D eigenvalue weighted by Gasteiger charge is 2.11. The van der Waals surface area contributed by atoms with Gasteiger partial charge in [0.25, 0.3) is 0 Å². The molecule has 0 fully saturated rings. The van der Waals surface area contributed by atoms with Gasteiger partial charge >= 0.3 is 0 Å². The van der Waals surface area contributed by atoms with Crippen molar-refractivity contribution in [1.82, 2.24) is 5.32 Å². The molecule has 1 aromatic rings. The second kappa shape index (κ2) is 14.3. The van der Waals surface area contributed by atoms with Crippen LogP contribution in [0.3, 0.4) is 0 Å². The van der Waals surface area contributed by atoms with E-state index in [1.807, 2.05) is 31.2 Å². The molecule has 6 nitrogen and oxygen atoms in total. The molecule has 0 saturated carbocycles. The van der Waals surface area contributed by atoms with Gasteiger partial charge in [-0.05, 0) is 43.7 Å². The van der Waals surface area contributed by atoms with Gasteiger partial charge in [0.1, 0.15) is 5.75 Å². The zero-order valence-electron chi connectivity index (χ0n) is 17.3. The summed E-state index contributed by atoms with van der Waals surface area (Å²) in [5, 5.41) is 15.9. The highest BCUT2D eigenvalue weighted by Crippen LogP contribution is 2.18. The maximum Gasteiger partial charge on any atom is 0.195 e. The lowest BCUT2D eigenvalue weighted by molar-refractivity contribution is 0.172. The molecule has 0 amide bonds. The first-order valence-electron chi connectivity index (χ1n) is 9.97. The van der Waals surface area contributed by atoms with Crippen molar-refractivity contribution in [2.75, 3.05) is 45.3 Å². The van der Waals surface area contributed by atoms with Crippen LogP contribution in [0.1, 0.15) is 40.0 Å². The summed E-state index contributed by atoms with van der Waals surface area (Å²) in [5.74, 6) is 2.56. The molecule has 1 atom stereocenters. The minimum Gasteiger partial charge on any atom is -0.493 e. The predicted octanol–water partition coefficient (Wildman–Crippen LogP) is 3.52. The molecule has 0 heterocycles. The molecule has 1 unspecified atom stereocenters. The molecular formula is C21H37N3O3. The van der Waals surface area contributed by atoms with Gasteiger partial charge in [0.2, 0.25) is 0 Å². The smallest absolute Gasteiger partial charge is 0.195 e. The number of benzene rings is 1. The number of aliphatic hydroxyl groups is 1. The molecule has 1 rings (SSSR count). The van der Waals surface area contributed by atoms with Gasteiger partial charge in [-0.25, -0.2) is 0 Å². The van der Waals surface area contributed by atoms with Crippen molar-refractivity contribution in [3.05, 3.63) is 24.3 Å². The van der Waals surface area contributed by atoms with Crippen LogP contribution in [0.4, 0.5) is 5.69 Å². The van der Waals surface area contributed by atoms with E-state index >= 15 is 0 Å². The predicted molar refractivity (Wildman–Crippen MR) is 113 cm³/mol. The van der Waals surface area contributed by atoms with E-state index in [1.165, 1.54) is 0 Å². The van der Waals surface area contributed by atoms with Crippen LogP contribution < -0.4 is 15.4 Å². The molecule has 0 spiro atoms. The highest BCUT2D eigenvalue weighted by atomic mass is 16.5. The first kappa shape index (κ1) is 23.2. The Kier molecular flexibility index (Phi) is 12.3. The molecule has 0 radical (unpaired) electrons. The number of hydrogen-bond acceptors (Lipinski definition) is 4. The zero-order valence-corrected chi connectivity index (χ0v) is 17.3. The molecule has 0 saturated heterocycles. The van der Waals surface area contributed by atoms with Crippen LogP contribution in [0, 0.1) is 11.8 Å². The number of methoxy groups -OCH3 is 1. The van der Waals surface area contributed by atoms with Gasteiger partial charge in [-0.2, -0.15) is 0 Å². The lowest BCUT2D eigenvalue weighted by Crippen LogP contribution is -2.31. The Hall–Kier alpha value is -1.79. The second-order valence-corrected chi connectivity index (χ2v) is 7.08. The van der Waals surface area contributed by atoms with Crippen molar-refractivity contribution in [3.8, 4) is 5.75 Å².